The third kappa shape index (κ3) is 5.49. The normalized spacial score (nSPS) is 10.4. The molecule has 0 aliphatic heterocycles. The van der Waals surface area contributed by atoms with Crippen LogP contribution in [-0.4, -0.2) is 32.7 Å². The van der Waals surface area contributed by atoms with E-state index < -0.39 is 0 Å². The van der Waals surface area contributed by atoms with E-state index in [1.807, 2.05) is 25.1 Å². The minimum absolute atomic E-state index is 0.0460. The van der Waals surface area contributed by atoms with E-state index in [9.17, 15) is 4.79 Å². The lowest BCUT2D eigenvalue weighted by Gasteiger charge is -2.08. The molecule has 1 amide bonds. The Hall–Kier alpha value is -1.10. The minimum Gasteiger partial charge on any atom is -0.383 e. The summed E-state index contributed by atoms with van der Waals surface area (Å²) in [5.74, 6) is -0.0460. The predicted octanol–water partition coefficient (Wildman–Crippen LogP) is 1.50. The molecule has 0 atom stereocenters. The minimum atomic E-state index is -0.0460. The van der Waals surface area contributed by atoms with Crippen LogP contribution < -0.4 is 10.6 Å². The van der Waals surface area contributed by atoms with Crippen LogP contribution in [0.25, 0.3) is 0 Å². The van der Waals surface area contributed by atoms with E-state index >= 15 is 0 Å². The number of carbonyl (C=O) groups is 1. The second-order valence-electron chi connectivity index (χ2n) is 4.04. The molecule has 1 aromatic carbocycles. The predicted molar refractivity (Wildman–Crippen MR) is 72.8 cm³/mol. The maximum Gasteiger partial charge on any atom is 0.234 e. The number of aryl methyl sites for hydroxylation is 1. The van der Waals surface area contributed by atoms with Crippen molar-refractivity contribution in [2.45, 2.75) is 13.5 Å². The van der Waals surface area contributed by atoms with Crippen LogP contribution in [0, 0.1) is 6.92 Å². The van der Waals surface area contributed by atoms with Crippen molar-refractivity contribution in [3.8, 4) is 0 Å². The fourth-order valence-electron chi connectivity index (χ4n) is 1.46. The highest BCUT2D eigenvalue weighted by atomic mass is 35.5. The van der Waals surface area contributed by atoms with Crippen molar-refractivity contribution < 1.29 is 9.53 Å². The zero-order valence-electron chi connectivity index (χ0n) is 10.8. The molecule has 1 aromatic rings. The van der Waals surface area contributed by atoms with Gasteiger partial charge in [-0.3, -0.25) is 4.79 Å². The number of benzene rings is 1. The lowest BCUT2D eigenvalue weighted by molar-refractivity contribution is -0.120. The quantitative estimate of drug-likeness (QED) is 0.739. The van der Waals surface area contributed by atoms with Gasteiger partial charge in [0, 0.05) is 25.2 Å². The van der Waals surface area contributed by atoms with Crippen LogP contribution in [-0.2, 0) is 16.1 Å². The van der Waals surface area contributed by atoms with Gasteiger partial charge in [0.1, 0.15) is 0 Å². The zero-order valence-corrected chi connectivity index (χ0v) is 11.5. The Labute approximate surface area is 113 Å². The van der Waals surface area contributed by atoms with E-state index in [0.717, 1.165) is 16.1 Å². The first-order valence-electron chi connectivity index (χ1n) is 5.85. The molecule has 5 heteroatoms. The second kappa shape index (κ2) is 8.08. The molecule has 0 radical (unpaired) electrons. The lowest BCUT2D eigenvalue weighted by atomic mass is 10.1. The zero-order chi connectivity index (χ0) is 13.4. The van der Waals surface area contributed by atoms with Gasteiger partial charge in [-0.05, 0) is 24.1 Å². The van der Waals surface area contributed by atoms with E-state index in [4.69, 9.17) is 16.3 Å². The Kier molecular flexibility index (Phi) is 6.72. The van der Waals surface area contributed by atoms with Crippen molar-refractivity contribution in [2.75, 3.05) is 26.8 Å². The van der Waals surface area contributed by atoms with E-state index in [1.54, 1.807) is 7.11 Å². The average molecular weight is 271 g/mol. The maximum absolute atomic E-state index is 11.4. The Morgan fingerprint density at radius 3 is 2.89 bits per heavy atom. The fraction of sp³-hybridized carbons (Fsp3) is 0.462. The molecule has 2 N–H and O–H groups in total. The summed E-state index contributed by atoms with van der Waals surface area (Å²) in [4.78, 5) is 11.4. The Balaban J connectivity index is 2.26. The number of hydrogen-bond donors (Lipinski definition) is 2. The van der Waals surface area contributed by atoms with Gasteiger partial charge in [0.15, 0.2) is 0 Å². The molecule has 0 fully saturated rings. The van der Waals surface area contributed by atoms with Gasteiger partial charge < -0.3 is 15.4 Å². The summed E-state index contributed by atoms with van der Waals surface area (Å²) in [6, 6.07) is 5.88. The van der Waals surface area contributed by atoms with E-state index in [2.05, 4.69) is 10.6 Å². The summed E-state index contributed by atoms with van der Waals surface area (Å²) < 4.78 is 4.84. The highest BCUT2D eigenvalue weighted by molar-refractivity contribution is 6.31. The van der Waals surface area contributed by atoms with Gasteiger partial charge in [0.2, 0.25) is 5.91 Å². The number of halogens is 1. The first-order valence-corrected chi connectivity index (χ1v) is 6.22. The summed E-state index contributed by atoms with van der Waals surface area (Å²) in [5.41, 5.74) is 2.12. The summed E-state index contributed by atoms with van der Waals surface area (Å²) in [6.45, 7) is 3.90. The second-order valence-corrected chi connectivity index (χ2v) is 4.45. The van der Waals surface area contributed by atoms with Crippen molar-refractivity contribution in [3.05, 3.63) is 34.3 Å². The van der Waals surface area contributed by atoms with E-state index in [-0.39, 0.29) is 12.5 Å². The monoisotopic (exact) mass is 270 g/mol. The summed E-state index contributed by atoms with van der Waals surface area (Å²) >= 11 is 6.09. The van der Waals surface area contributed by atoms with Crippen molar-refractivity contribution in [1.29, 1.82) is 0 Å². The first-order chi connectivity index (χ1) is 8.63. The molecule has 4 nitrogen and oxygen atoms in total. The van der Waals surface area contributed by atoms with Gasteiger partial charge in [0.25, 0.3) is 0 Å². The number of ether oxygens (including phenoxy) is 1. The molecule has 0 saturated heterocycles. The number of nitrogens with one attached hydrogen (secondary N) is 2. The van der Waals surface area contributed by atoms with Crippen LogP contribution in [0.2, 0.25) is 5.02 Å². The van der Waals surface area contributed by atoms with E-state index in [0.29, 0.717) is 19.7 Å². The molecule has 18 heavy (non-hydrogen) atoms. The topological polar surface area (TPSA) is 50.4 Å². The molecule has 0 spiro atoms. The molecule has 0 aromatic heterocycles. The number of rotatable bonds is 7. The van der Waals surface area contributed by atoms with Crippen molar-refractivity contribution in [1.82, 2.24) is 10.6 Å². The van der Waals surface area contributed by atoms with Crippen LogP contribution >= 0.6 is 11.6 Å². The SMILES string of the molecule is COCCNC(=O)CNCc1ccc(C)cc1Cl. The van der Waals surface area contributed by atoms with Gasteiger partial charge in [-0.15, -0.1) is 0 Å². The standard InChI is InChI=1S/C13H19ClN2O2/c1-10-3-4-11(12(14)7-10)8-15-9-13(17)16-5-6-18-2/h3-4,7,15H,5-6,8-9H2,1-2H3,(H,16,17). The van der Waals surface area contributed by atoms with Crippen molar-refractivity contribution in [2.24, 2.45) is 0 Å². The summed E-state index contributed by atoms with van der Waals surface area (Å²) in [7, 11) is 1.60. The van der Waals surface area contributed by atoms with Gasteiger partial charge in [0.05, 0.1) is 13.2 Å². The van der Waals surface area contributed by atoms with Gasteiger partial charge in [-0.25, -0.2) is 0 Å². The van der Waals surface area contributed by atoms with Crippen LogP contribution in [0.15, 0.2) is 18.2 Å². The number of methoxy groups -OCH3 is 1. The molecule has 0 aliphatic rings. The third-order valence-corrected chi connectivity index (χ3v) is 2.79. The highest BCUT2D eigenvalue weighted by Gasteiger charge is 2.02. The van der Waals surface area contributed by atoms with Crippen LogP contribution in [0.5, 0.6) is 0 Å². The molecular formula is C13H19ClN2O2. The van der Waals surface area contributed by atoms with Crippen molar-refractivity contribution in [3.63, 3.8) is 0 Å². The highest BCUT2D eigenvalue weighted by Crippen LogP contribution is 2.16. The average Bonchev–Trinajstić information content (AvgIpc) is 2.32. The van der Waals surface area contributed by atoms with Crippen LogP contribution in [0.3, 0.4) is 0 Å². The Bertz CT molecular complexity index is 397. The van der Waals surface area contributed by atoms with Crippen LogP contribution in [0.4, 0.5) is 0 Å². The molecule has 0 saturated carbocycles. The first kappa shape index (κ1) is 15.0. The number of carbonyl (C=O) groups excluding carboxylic acids is 1. The van der Waals surface area contributed by atoms with Gasteiger partial charge in [-0.2, -0.15) is 0 Å². The largest absolute Gasteiger partial charge is 0.383 e. The molecule has 0 bridgehead atoms. The Morgan fingerprint density at radius 1 is 1.44 bits per heavy atom. The third-order valence-electron chi connectivity index (χ3n) is 2.44. The summed E-state index contributed by atoms with van der Waals surface area (Å²) in [6.07, 6.45) is 0. The lowest BCUT2D eigenvalue weighted by Crippen LogP contribution is -2.35. The van der Waals surface area contributed by atoms with E-state index in [1.165, 1.54) is 0 Å². The maximum atomic E-state index is 11.4. The molecule has 0 aliphatic carbocycles. The van der Waals surface area contributed by atoms with Gasteiger partial charge >= 0.3 is 0 Å². The number of hydrogen-bond acceptors (Lipinski definition) is 3. The molecule has 100 valence electrons. The molecule has 1 rings (SSSR count). The smallest absolute Gasteiger partial charge is 0.234 e. The molecular weight excluding hydrogens is 252 g/mol. The van der Waals surface area contributed by atoms with Crippen LogP contribution in [0.1, 0.15) is 11.1 Å². The van der Waals surface area contributed by atoms with Crippen molar-refractivity contribution >= 4 is 17.5 Å². The number of amides is 1. The molecule has 0 heterocycles. The Morgan fingerprint density at radius 2 is 2.22 bits per heavy atom. The fourth-order valence-corrected chi connectivity index (χ4v) is 1.76. The summed E-state index contributed by atoms with van der Waals surface area (Å²) in [5, 5.41) is 6.51. The molecule has 0 unspecified atom stereocenters. The van der Waals surface area contributed by atoms with Gasteiger partial charge in [-0.1, -0.05) is 23.7 Å².